The molecule has 0 fully saturated rings. The van der Waals surface area contributed by atoms with Crippen LogP contribution in [0.15, 0.2) is 48.5 Å². The number of carbonyl (C=O) groups is 1. The largest absolute Gasteiger partial charge is 0.435 e. The number of ether oxygens (including phenoxy) is 1. The van der Waals surface area contributed by atoms with Crippen molar-refractivity contribution in [3.8, 4) is 11.4 Å². The molecule has 3 aromatic rings. The third-order valence-electron chi connectivity index (χ3n) is 3.50. The molecule has 26 heavy (non-hydrogen) atoms. The maximum Gasteiger partial charge on any atom is 0.387 e. The van der Waals surface area contributed by atoms with Crippen LogP contribution >= 0.6 is 0 Å². The van der Waals surface area contributed by atoms with Crippen LogP contribution in [0, 0.1) is 12.7 Å². The van der Waals surface area contributed by atoms with Crippen LogP contribution in [-0.4, -0.2) is 27.5 Å². The van der Waals surface area contributed by atoms with Gasteiger partial charge in [0.25, 0.3) is 5.91 Å². The van der Waals surface area contributed by atoms with E-state index in [1.54, 1.807) is 13.0 Å². The highest BCUT2D eigenvalue weighted by molar-refractivity contribution is 6.03. The molecule has 2 aromatic carbocycles. The van der Waals surface area contributed by atoms with E-state index in [0.29, 0.717) is 11.4 Å². The van der Waals surface area contributed by atoms with Crippen molar-refractivity contribution in [1.29, 1.82) is 0 Å². The molecule has 0 radical (unpaired) electrons. The van der Waals surface area contributed by atoms with E-state index in [1.807, 2.05) is 0 Å². The van der Waals surface area contributed by atoms with E-state index in [9.17, 15) is 18.0 Å². The highest BCUT2D eigenvalue weighted by Crippen LogP contribution is 2.19. The van der Waals surface area contributed by atoms with Crippen molar-refractivity contribution in [2.75, 3.05) is 5.32 Å². The van der Waals surface area contributed by atoms with Crippen LogP contribution in [0.3, 0.4) is 0 Å². The van der Waals surface area contributed by atoms with Crippen molar-refractivity contribution in [2.24, 2.45) is 0 Å². The fourth-order valence-electron chi connectivity index (χ4n) is 2.31. The summed E-state index contributed by atoms with van der Waals surface area (Å²) in [7, 11) is 0. The molecule has 6 nitrogen and oxygen atoms in total. The summed E-state index contributed by atoms with van der Waals surface area (Å²) in [5.74, 6) is -1.02. The second-order valence-corrected chi connectivity index (χ2v) is 5.27. The summed E-state index contributed by atoms with van der Waals surface area (Å²) >= 11 is 0. The molecule has 3 rings (SSSR count). The zero-order chi connectivity index (χ0) is 18.7. The van der Waals surface area contributed by atoms with Gasteiger partial charge in [-0.15, -0.1) is 5.10 Å². The molecule has 1 N–H and O–H groups in total. The van der Waals surface area contributed by atoms with Gasteiger partial charge in [0.15, 0.2) is 5.69 Å². The van der Waals surface area contributed by atoms with Crippen molar-refractivity contribution in [1.82, 2.24) is 15.0 Å². The Balaban J connectivity index is 1.80. The first-order chi connectivity index (χ1) is 12.4. The number of halogens is 3. The van der Waals surface area contributed by atoms with Gasteiger partial charge in [0.1, 0.15) is 11.6 Å². The molecule has 0 saturated heterocycles. The molecule has 1 heterocycles. The van der Waals surface area contributed by atoms with Crippen molar-refractivity contribution in [3.63, 3.8) is 0 Å². The monoisotopic (exact) mass is 362 g/mol. The lowest BCUT2D eigenvalue weighted by Gasteiger charge is -2.07. The molecule has 9 heteroatoms. The normalized spacial score (nSPS) is 10.8. The lowest BCUT2D eigenvalue weighted by molar-refractivity contribution is -0.0498. The molecule has 0 unspecified atom stereocenters. The van der Waals surface area contributed by atoms with Crippen molar-refractivity contribution in [3.05, 3.63) is 65.7 Å². The summed E-state index contributed by atoms with van der Waals surface area (Å²) in [6.07, 6.45) is 0. The summed E-state index contributed by atoms with van der Waals surface area (Å²) in [6, 6.07) is 11.2. The first kappa shape index (κ1) is 17.5. The average Bonchev–Trinajstić information content (AvgIpc) is 2.97. The number of nitrogens with zero attached hydrogens (tertiary/aromatic N) is 3. The first-order valence-corrected chi connectivity index (χ1v) is 7.48. The van der Waals surface area contributed by atoms with Gasteiger partial charge in [-0.25, -0.2) is 9.07 Å². The van der Waals surface area contributed by atoms with Gasteiger partial charge in [-0.05, 0) is 49.4 Å². The van der Waals surface area contributed by atoms with Gasteiger partial charge in [0, 0.05) is 5.69 Å². The Kier molecular flexibility index (Phi) is 4.87. The van der Waals surface area contributed by atoms with Gasteiger partial charge in [-0.2, -0.15) is 8.78 Å². The predicted molar refractivity (Wildman–Crippen MR) is 87.1 cm³/mol. The molecule has 134 valence electrons. The van der Waals surface area contributed by atoms with Crippen LogP contribution in [0.4, 0.5) is 18.9 Å². The lowest BCUT2D eigenvalue weighted by atomic mass is 10.2. The Hall–Kier alpha value is -3.36. The quantitative estimate of drug-likeness (QED) is 0.753. The molecule has 0 spiro atoms. The number of hydrogen-bond acceptors (Lipinski definition) is 4. The van der Waals surface area contributed by atoms with Gasteiger partial charge < -0.3 is 10.1 Å². The lowest BCUT2D eigenvalue weighted by Crippen LogP contribution is -2.14. The maximum absolute atomic E-state index is 13.2. The standard InChI is InChI=1S/C17H13F3N4O2/c1-10-15(16(25)21-12-4-2-3-11(18)9-12)22-23-24(10)13-5-7-14(8-6-13)26-17(19)20/h2-9,17H,1H3,(H,21,25). The van der Waals surface area contributed by atoms with Crippen LogP contribution in [0.1, 0.15) is 16.2 Å². The van der Waals surface area contributed by atoms with E-state index in [2.05, 4.69) is 20.4 Å². The first-order valence-electron chi connectivity index (χ1n) is 7.48. The Morgan fingerprint density at radius 3 is 2.58 bits per heavy atom. The van der Waals surface area contributed by atoms with Crippen LogP contribution < -0.4 is 10.1 Å². The highest BCUT2D eigenvalue weighted by Gasteiger charge is 2.18. The number of aromatic nitrogens is 3. The molecule has 0 saturated carbocycles. The van der Waals surface area contributed by atoms with Gasteiger partial charge in [0.05, 0.1) is 11.4 Å². The number of amides is 1. The Morgan fingerprint density at radius 1 is 1.19 bits per heavy atom. The number of rotatable bonds is 5. The number of nitrogens with one attached hydrogen (secondary N) is 1. The second kappa shape index (κ2) is 7.26. The fraction of sp³-hybridized carbons (Fsp3) is 0.118. The van der Waals surface area contributed by atoms with E-state index >= 15 is 0 Å². The molecule has 0 aliphatic rings. The van der Waals surface area contributed by atoms with Crippen molar-refractivity contribution >= 4 is 11.6 Å². The summed E-state index contributed by atoms with van der Waals surface area (Å²) in [6.45, 7) is -1.28. The molecule has 0 aliphatic heterocycles. The Morgan fingerprint density at radius 2 is 1.92 bits per heavy atom. The zero-order valence-electron chi connectivity index (χ0n) is 13.5. The minimum Gasteiger partial charge on any atom is -0.435 e. The summed E-state index contributed by atoms with van der Waals surface area (Å²) < 4.78 is 43.2. The predicted octanol–water partition coefficient (Wildman–Crippen LogP) is 3.57. The highest BCUT2D eigenvalue weighted by atomic mass is 19.3. The molecular formula is C17H13F3N4O2. The van der Waals surface area contributed by atoms with E-state index in [1.165, 1.54) is 47.1 Å². The Labute approximate surface area is 146 Å². The minimum absolute atomic E-state index is 0.00518. The van der Waals surface area contributed by atoms with E-state index in [0.717, 1.165) is 0 Å². The number of anilines is 1. The minimum atomic E-state index is -2.91. The third kappa shape index (κ3) is 3.82. The van der Waals surface area contributed by atoms with E-state index in [-0.39, 0.29) is 17.1 Å². The molecule has 0 atom stereocenters. The number of alkyl halides is 2. The summed E-state index contributed by atoms with van der Waals surface area (Å²) in [5, 5.41) is 10.3. The number of benzene rings is 2. The molecule has 0 aliphatic carbocycles. The summed E-state index contributed by atoms with van der Waals surface area (Å²) in [5.41, 5.74) is 1.29. The van der Waals surface area contributed by atoms with Gasteiger partial charge >= 0.3 is 6.61 Å². The maximum atomic E-state index is 13.2. The van der Waals surface area contributed by atoms with E-state index < -0.39 is 18.3 Å². The van der Waals surface area contributed by atoms with Gasteiger partial charge in [-0.1, -0.05) is 11.3 Å². The smallest absolute Gasteiger partial charge is 0.387 e. The van der Waals surface area contributed by atoms with Crippen LogP contribution in [-0.2, 0) is 0 Å². The van der Waals surface area contributed by atoms with Crippen LogP contribution in [0.5, 0.6) is 5.75 Å². The Bertz CT molecular complexity index is 926. The van der Waals surface area contributed by atoms with Crippen molar-refractivity contribution in [2.45, 2.75) is 13.5 Å². The fourth-order valence-corrected chi connectivity index (χ4v) is 2.31. The topological polar surface area (TPSA) is 69.0 Å². The van der Waals surface area contributed by atoms with Gasteiger partial charge in [0.2, 0.25) is 0 Å². The molecular weight excluding hydrogens is 349 g/mol. The average molecular weight is 362 g/mol. The SMILES string of the molecule is Cc1c(C(=O)Nc2cccc(F)c2)nnn1-c1ccc(OC(F)F)cc1. The van der Waals surface area contributed by atoms with Gasteiger partial charge in [-0.3, -0.25) is 4.79 Å². The van der Waals surface area contributed by atoms with Crippen LogP contribution in [0.25, 0.3) is 5.69 Å². The van der Waals surface area contributed by atoms with E-state index in [4.69, 9.17) is 0 Å². The summed E-state index contributed by atoms with van der Waals surface area (Å²) in [4.78, 5) is 12.3. The van der Waals surface area contributed by atoms with Crippen molar-refractivity contribution < 1.29 is 22.7 Å². The molecule has 1 amide bonds. The zero-order valence-corrected chi connectivity index (χ0v) is 13.5. The number of carbonyl (C=O) groups excluding carboxylic acids is 1. The third-order valence-corrected chi connectivity index (χ3v) is 3.50. The second-order valence-electron chi connectivity index (χ2n) is 5.27. The van der Waals surface area contributed by atoms with Crippen LogP contribution in [0.2, 0.25) is 0 Å². The molecule has 0 bridgehead atoms. The molecule has 1 aromatic heterocycles. The number of hydrogen-bond donors (Lipinski definition) is 1.